The van der Waals surface area contributed by atoms with Crippen molar-refractivity contribution in [3.63, 3.8) is 0 Å². The first-order chi connectivity index (χ1) is 9.99. The van der Waals surface area contributed by atoms with E-state index in [1.54, 1.807) is 24.4 Å². The second kappa shape index (κ2) is 12.1. The van der Waals surface area contributed by atoms with Gasteiger partial charge in [0.25, 0.3) is 5.09 Å². The summed E-state index contributed by atoms with van der Waals surface area (Å²) < 4.78 is 0. The van der Waals surface area contributed by atoms with Gasteiger partial charge in [-0.2, -0.15) is 0 Å². The summed E-state index contributed by atoms with van der Waals surface area (Å²) in [6.07, 6.45) is 1.80. The van der Waals surface area contributed by atoms with Crippen molar-refractivity contribution in [3.05, 3.63) is 64.3 Å². The number of carboxylic acid groups (broad SMARTS) is 1. The number of hydrogen-bond donors (Lipinski definition) is 4. The van der Waals surface area contributed by atoms with Crippen molar-refractivity contribution in [1.82, 2.24) is 17.3 Å². The molecule has 136 valence electrons. The minimum Gasteiger partial charge on any atom is -1.00 e. The van der Waals surface area contributed by atoms with Gasteiger partial charge in [0.05, 0.1) is 11.1 Å². The maximum absolute atomic E-state index is 11.0. The number of carboxylic acids is 1. The number of nitrogens with zero attached hydrogens (tertiary/aromatic N) is 2. The maximum Gasteiger partial charge on any atom is 4.00 e. The second-order valence-electron chi connectivity index (χ2n) is 4.12. The second-order valence-corrected chi connectivity index (χ2v) is 4.12. The molecule has 0 bridgehead atoms. The van der Waals surface area contributed by atoms with Crippen LogP contribution in [0, 0.1) is 10.1 Å². The molecule has 2 aromatic carbocycles. The van der Waals surface area contributed by atoms with Gasteiger partial charge in [0.1, 0.15) is 0 Å². The Morgan fingerprint density at radius 2 is 1.64 bits per heavy atom. The number of hydrogen-bond acceptors (Lipinski definition) is 6. The first-order valence-corrected chi connectivity index (χ1v) is 5.83. The van der Waals surface area contributed by atoms with Crippen molar-refractivity contribution in [2.75, 3.05) is 0 Å². The monoisotopic (exact) mass is 550 g/mol. The molecule has 0 amide bonds. The van der Waals surface area contributed by atoms with Crippen molar-refractivity contribution in [1.29, 1.82) is 0 Å². The third kappa shape index (κ3) is 6.98. The van der Waals surface area contributed by atoms with E-state index in [0.29, 0.717) is 0 Å². The molecule has 0 radical (unpaired) electrons. The average molecular weight is 551 g/mol. The van der Waals surface area contributed by atoms with Crippen molar-refractivity contribution in [2.45, 2.75) is 0 Å². The van der Waals surface area contributed by atoms with Crippen LogP contribution in [0.4, 0.5) is 0 Å². The van der Waals surface area contributed by atoms with Crippen LogP contribution in [0.3, 0.4) is 0 Å². The van der Waals surface area contributed by atoms with Gasteiger partial charge in [-0.3, -0.25) is 4.98 Å². The standard InChI is InChI=1S/C14H9NO2.ClH.HNO3.2H3N.Pt/c16-14(17)9-5-6-13-12(7-9)11-4-2-1-3-10(11)8-15-13;;2-1(3)4;;;/h1-8H,(H,16,17);1H;(H,2,3,4);2*1H3;/q;;;;;+4/p-1. The van der Waals surface area contributed by atoms with Gasteiger partial charge >= 0.3 is 27.0 Å². The molecule has 0 aliphatic heterocycles. The van der Waals surface area contributed by atoms with E-state index < -0.39 is 11.1 Å². The molecule has 8 N–H and O–H groups in total. The van der Waals surface area contributed by atoms with Gasteiger partial charge in [0, 0.05) is 17.0 Å². The fraction of sp³-hybridized carbons (Fsp3) is 0. The fourth-order valence-electron chi connectivity index (χ4n) is 1.99. The molecule has 25 heavy (non-hydrogen) atoms. The predicted octanol–water partition coefficient (Wildman–Crippen LogP) is 0.0640. The van der Waals surface area contributed by atoms with Crippen LogP contribution < -0.4 is 24.7 Å². The van der Waals surface area contributed by atoms with Gasteiger partial charge in [0.15, 0.2) is 0 Å². The molecule has 1 heterocycles. The molecule has 11 heteroatoms. The van der Waals surface area contributed by atoms with Gasteiger partial charge in [-0.15, -0.1) is 10.1 Å². The van der Waals surface area contributed by atoms with Gasteiger partial charge in [-0.05, 0) is 23.6 Å². The number of aromatic carboxylic acids is 1. The Hall–Kier alpha value is -2.32. The molecule has 3 aromatic rings. The first-order valence-electron chi connectivity index (χ1n) is 5.83. The van der Waals surface area contributed by atoms with Crippen molar-refractivity contribution >= 4 is 27.6 Å². The zero-order valence-corrected chi connectivity index (χ0v) is 15.8. The van der Waals surface area contributed by atoms with Crippen LogP contribution in [-0.4, -0.2) is 26.4 Å². The Bertz CT molecular complexity index is 846. The number of halogens is 1. The normalized spacial score (nSPS) is 8.32. The number of carbonyl (C=O) groups is 1. The van der Waals surface area contributed by atoms with Crippen LogP contribution in [0.15, 0.2) is 48.7 Å². The summed E-state index contributed by atoms with van der Waals surface area (Å²) in [6.45, 7) is 0. The van der Waals surface area contributed by atoms with Crippen LogP contribution in [0.5, 0.6) is 0 Å². The summed E-state index contributed by atoms with van der Waals surface area (Å²) in [4.78, 5) is 23.6. The molecule has 0 atom stereocenters. The van der Waals surface area contributed by atoms with Gasteiger partial charge < -0.3 is 35.0 Å². The SMILES string of the molecule is N.N.O=C(O)c1ccc2ncc3ccccc3c2c1.O=[N+]([O-])O.[Cl-].[Pt+4]. The van der Waals surface area contributed by atoms with E-state index >= 15 is 0 Å². The molecule has 3 rings (SSSR count). The fourth-order valence-corrected chi connectivity index (χ4v) is 1.99. The zero-order chi connectivity index (χ0) is 15.4. The van der Waals surface area contributed by atoms with Crippen molar-refractivity contribution in [3.8, 4) is 0 Å². The molecule has 0 saturated heterocycles. The third-order valence-electron chi connectivity index (χ3n) is 2.84. The summed E-state index contributed by atoms with van der Waals surface area (Å²) in [7, 11) is 0. The van der Waals surface area contributed by atoms with Crippen molar-refractivity contribution in [2.24, 2.45) is 0 Å². The molecule has 1 aromatic heterocycles. The first kappa shape index (κ1) is 27.5. The van der Waals surface area contributed by atoms with Crippen LogP contribution in [0.1, 0.15) is 10.4 Å². The van der Waals surface area contributed by atoms with E-state index in [-0.39, 0.29) is 51.3 Å². The van der Waals surface area contributed by atoms with Crippen molar-refractivity contribution < 1.29 is 53.7 Å². The van der Waals surface area contributed by atoms with E-state index in [0.717, 1.165) is 21.7 Å². The Kier molecular flexibility index (Phi) is 13.3. The molecule has 0 saturated carbocycles. The largest absolute Gasteiger partial charge is 4.00 e. The molecule has 9 nitrogen and oxygen atoms in total. The number of pyridine rings is 1. The summed E-state index contributed by atoms with van der Waals surface area (Å²) >= 11 is 0. The average Bonchev–Trinajstić information content (AvgIpc) is 2.46. The summed E-state index contributed by atoms with van der Waals surface area (Å²) in [5.74, 6) is -0.917. The van der Waals surface area contributed by atoms with Crippen LogP contribution in [-0.2, 0) is 21.1 Å². The van der Waals surface area contributed by atoms with Crippen LogP contribution >= 0.6 is 0 Å². The smallest absolute Gasteiger partial charge is 1.00 e. The van der Waals surface area contributed by atoms with E-state index in [2.05, 4.69) is 4.98 Å². The van der Waals surface area contributed by atoms with Crippen LogP contribution in [0.25, 0.3) is 21.7 Å². The number of aromatic nitrogens is 1. The molecule has 0 aliphatic carbocycles. The van der Waals surface area contributed by atoms with Gasteiger partial charge in [-0.25, -0.2) is 4.79 Å². The molecule has 0 unspecified atom stereocenters. The topological polar surface area (TPSA) is 184 Å². The Labute approximate surface area is 163 Å². The Morgan fingerprint density at radius 3 is 2.20 bits per heavy atom. The molecular formula is C14H16ClN4O5Pt+3. The summed E-state index contributed by atoms with van der Waals surface area (Å²) in [6, 6.07) is 12.8. The quantitative estimate of drug-likeness (QED) is 0.186. The van der Waals surface area contributed by atoms with E-state index in [1.165, 1.54) is 0 Å². The zero-order valence-electron chi connectivity index (χ0n) is 12.7. The summed E-state index contributed by atoms with van der Waals surface area (Å²) in [5.41, 5.74) is 1.10. The Morgan fingerprint density at radius 1 is 1.08 bits per heavy atom. The summed E-state index contributed by atoms with van der Waals surface area (Å²) in [5, 5.41) is 25.6. The minimum atomic E-state index is -1.50. The molecule has 0 spiro atoms. The number of benzene rings is 2. The minimum absolute atomic E-state index is 0. The van der Waals surface area contributed by atoms with E-state index in [4.69, 9.17) is 20.4 Å². The Balaban J connectivity index is -0.000000554. The number of fused-ring (bicyclic) bond motifs is 3. The molecular weight excluding hydrogens is 535 g/mol. The predicted molar refractivity (Wildman–Crippen MR) is 85.0 cm³/mol. The van der Waals surface area contributed by atoms with Crippen LogP contribution in [0.2, 0.25) is 0 Å². The molecule has 0 aliphatic rings. The van der Waals surface area contributed by atoms with Gasteiger partial charge in [0.2, 0.25) is 0 Å². The van der Waals surface area contributed by atoms with E-state index in [9.17, 15) is 4.79 Å². The maximum atomic E-state index is 11.0. The molecule has 0 fully saturated rings. The number of rotatable bonds is 1. The third-order valence-corrected chi connectivity index (χ3v) is 2.84. The van der Waals surface area contributed by atoms with E-state index in [1.807, 2.05) is 24.3 Å². The van der Waals surface area contributed by atoms with Gasteiger partial charge in [-0.1, -0.05) is 24.3 Å².